The molecule has 5 rings (SSSR count). The van der Waals surface area contributed by atoms with Crippen LogP contribution in [0.15, 0.2) is 96.4 Å². The fourth-order valence-corrected chi connectivity index (χ4v) is 5.11. The first kappa shape index (κ1) is 29.9. The Morgan fingerprint density at radius 2 is 1.74 bits per heavy atom. The number of nitrogens with zero attached hydrogens (tertiary/aromatic N) is 1. The van der Waals surface area contributed by atoms with Crippen LogP contribution in [0.25, 0.3) is 6.08 Å². The van der Waals surface area contributed by atoms with Crippen LogP contribution in [-0.4, -0.2) is 13.1 Å². The summed E-state index contributed by atoms with van der Waals surface area (Å²) in [5.74, 6) is 0.336. The van der Waals surface area contributed by atoms with Gasteiger partial charge >= 0.3 is 5.97 Å². The number of allylic oxidation sites excluding steroid dienone is 1. The van der Waals surface area contributed by atoms with Gasteiger partial charge in [-0.15, -0.1) is 0 Å². The van der Waals surface area contributed by atoms with Gasteiger partial charge in [0.25, 0.3) is 0 Å². The highest BCUT2D eigenvalue weighted by Crippen LogP contribution is 2.45. The second kappa shape index (κ2) is 13.1. The lowest BCUT2D eigenvalue weighted by Crippen LogP contribution is -2.21. The predicted molar refractivity (Wildman–Crippen MR) is 166 cm³/mol. The minimum atomic E-state index is -0.626. The second-order valence-electron chi connectivity index (χ2n) is 9.37. The second-order valence-corrected chi connectivity index (χ2v) is 10.7. The van der Waals surface area contributed by atoms with E-state index in [1.165, 1.54) is 19.3 Å². The van der Waals surface area contributed by atoms with E-state index in [9.17, 15) is 10.1 Å². The third-order valence-electron chi connectivity index (χ3n) is 6.60. The molecule has 4 aromatic carbocycles. The van der Waals surface area contributed by atoms with Crippen molar-refractivity contribution < 1.29 is 23.7 Å². The van der Waals surface area contributed by atoms with Crippen LogP contribution in [-0.2, 0) is 11.4 Å². The van der Waals surface area contributed by atoms with E-state index in [0.717, 1.165) is 11.1 Å². The molecule has 0 aromatic heterocycles. The number of esters is 1. The Balaban J connectivity index is 1.38. The number of methoxy groups -OCH3 is 1. The standard InChI is InChI=1S/C33H23Cl3N2O5/c1-40-30-14-21(5-12-28(30)41-18-19-2-7-22(34)8-3-19)32-25-11-10-24(16-29(25)43-33(38)26(32)17-37)42-31(39)13-6-20-4-9-23(35)15-27(20)36/h2-16,32H,18,38H2,1H3/b13-6+. The molecule has 4 aromatic rings. The lowest BCUT2D eigenvalue weighted by Gasteiger charge is -2.27. The summed E-state index contributed by atoms with van der Waals surface area (Å²) in [6.07, 6.45) is 2.78. The van der Waals surface area contributed by atoms with Crippen LogP contribution in [0.1, 0.15) is 28.2 Å². The maximum absolute atomic E-state index is 12.5. The van der Waals surface area contributed by atoms with Crippen LogP contribution >= 0.6 is 34.8 Å². The van der Waals surface area contributed by atoms with Crippen molar-refractivity contribution in [3.8, 4) is 29.1 Å². The maximum atomic E-state index is 12.5. The zero-order chi connectivity index (χ0) is 30.5. The van der Waals surface area contributed by atoms with Crippen LogP contribution in [0.4, 0.5) is 0 Å². The number of benzene rings is 4. The summed E-state index contributed by atoms with van der Waals surface area (Å²) in [5, 5.41) is 11.5. The average Bonchev–Trinajstić information content (AvgIpc) is 2.99. The van der Waals surface area contributed by atoms with Gasteiger partial charge in [0.05, 0.1) is 13.0 Å². The molecule has 0 spiro atoms. The van der Waals surface area contributed by atoms with Gasteiger partial charge in [0.15, 0.2) is 11.5 Å². The number of halogens is 3. The van der Waals surface area contributed by atoms with Crippen LogP contribution in [0, 0.1) is 11.3 Å². The van der Waals surface area contributed by atoms with Gasteiger partial charge in [-0.2, -0.15) is 5.26 Å². The van der Waals surface area contributed by atoms with Crippen molar-refractivity contribution in [3.63, 3.8) is 0 Å². The van der Waals surface area contributed by atoms with Crippen molar-refractivity contribution in [3.05, 3.63) is 134 Å². The van der Waals surface area contributed by atoms with Gasteiger partial charge in [-0.1, -0.05) is 65.1 Å². The Morgan fingerprint density at radius 3 is 2.47 bits per heavy atom. The van der Waals surface area contributed by atoms with Crippen LogP contribution < -0.4 is 24.7 Å². The van der Waals surface area contributed by atoms with Gasteiger partial charge < -0.3 is 24.7 Å². The zero-order valence-electron chi connectivity index (χ0n) is 22.6. The first-order chi connectivity index (χ1) is 20.7. The molecule has 0 saturated heterocycles. The Kier molecular flexibility index (Phi) is 9.13. The molecule has 0 amide bonds. The largest absolute Gasteiger partial charge is 0.493 e. The van der Waals surface area contributed by atoms with Crippen LogP contribution in [0.5, 0.6) is 23.0 Å². The van der Waals surface area contributed by atoms with Gasteiger partial charge in [0, 0.05) is 32.8 Å². The minimum absolute atomic E-state index is 0.0530. The number of ether oxygens (including phenoxy) is 4. The van der Waals surface area contributed by atoms with Crippen molar-refractivity contribution >= 4 is 46.8 Å². The molecule has 7 nitrogen and oxygen atoms in total. The van der Waals surface area contributed by atoms with E-state index in [-0.39, 0.29) is 17.2 Å². The van der Waals surface area contributed by atoms with E-state index in [4.69, 9.17) is 59.5 Å². The fourth-order valence-electron chi connectivity index (χ4n) is 4.51. The van der Waals surface area contributed by atoms with E-state index >= 15 is 0 Å². The summed E-state index contributed by atoms with van der Waals surface area (Å²) in [4.78, 5) is 12.5. The molecule has 1 atom stereocenters. The molecule has 1 unspecified atom stereocenters. The highest BCUT2D eigenvalue weighted by molar-refractivity contribution is 6.35. The van der Waals surface area contributed by atoms with Gasteiger partial charge in [-0.05, 0) is 65.2 Å². The zero-order valence-corrected chi connectivity index (χ0v) is 24.9. The maximum Gasteiger partial charge on any atom is 0.336 e. The molecule has 0 bridgehead atoms. The Labute approximate surface area is 263 Å². The predicted octanol–water partition coefficient (Wildman–Crippen LogP) is 8.07. The molecule has 0 saturated carbocycles. The Hall–Kier alpha value is -4.61. The monoisotopic (exact) mass is 632 g/mol. The third-order valence-corrected chi connectivity index (χ3v) is 7.41. The van der Waals surface area contributed by atoms with Crippen molar-refractivity contribution in [2.24, 2.45) is 5.73 Å². The number of carbonyl (C=O) groups excluding carboxylic acids is 1. The van der Waals surface area contributed by atoms with Gasteiger partial charge in [-0.3, -0.25) is 0 Å². The van der Waals surface area contributed by atoms with Crippen molar-refractivity contribution in [1.82, 2.24) is 0 Å². The number of nitrogens with two attached hydrogens (primary N) is 1. The molecule has 216 valence electrons. The quantitative estimate of drug-likeness (QED) is 0.119. The summed E-state index contributed by atoms with van der Waals surface area (Å²) in [6.45, 7) is 0.312. The number of fused-ring (bicyclic) bond motifs is 1. The van der Waals surface area contributed by atoms with Crippen molar-refractivity contribution in [2.75, 3.05) is 7.11 Å². The molecule has 2 N–H and O–H groups in total. The summed E-state index contributed by atoms with van der Waals surface area (Å²) >= 11 is 18.1. The number of carbonyl (C=O) groups is 1. The Bertz CT molecular complexity index is 1800. The summed E-state index contributed by atoms with van der Waals surface area (Å²) in [6, 6.07) is 24.8. The third kappa shape index (κ3) is 6.90. The molecule has 0 fully saturated rings. The molecular formula is C33H23Cl3N2O5. The molecule has 1 aliphatic heterocycles. The molecule has 0 aliphatic carbocycles. The smallest absolute Gasteiger partial charge is 0.336 e. The first-order valence-corrected chi connectivity index (χ1v) is 14.0. The van der Waals surface area contributed by atoms with E-state index in [0.29, 0.717) is 50.1 Å². The lowest BCUT2D eigenvalue weighted by atomic mass is 9.83. The summed E-state index contributed by atoms with van der Waals surface area (Å²) < 4.78 is 22.9. The number of rotatable bonds is 8. The molecule has 0 radical (unpaired) electrons. The van der Waals surface area contributed by atoms with Crippen LogP contribution in [0.3, 0.4) is 0 Å². The summed E-state index contributed by atoms with van der Waals surface area (Å²) in [5.41, 5.74) is 9.34. The highest BCUT2D eigenvalue weighted by atomic mass is 35.5. The Morgan fingerprint density at radius 1 is 0.977 bits per heavy atom. The molecule has 1 heterocycles. The minimum Gasteiger partial charge on any atom is -0.493 e. The first-order valence-electron chi connectivity index (χ1n) is 12.9. The van der Waals surface area contributed by atoms with Gasteiger partial charge in [-0.25, -0.2) is 4.79 Å². The van der Waals surface area contributed by atoms with Gasteiger partial charge in [0.2, 0.25) is 5.88 Å². The van der Waals surface area contributed by atoms with Crippen molar-refractivity contribution in [1.29, 1.82) is 5.26 Å². The molecule has 10 heteroatoms. The van der Waals surface area contributed by atoms with E-state index in [2.05, 4.69) is 6.07 Å². The number of hydrogen-bond acceptors (Lipinski definition) is 7. The summed E-state index contributed by atoms with van der Waals surface area (Å²) in [7, 11) is 1.54. The molecular weight excluding hydrogens is 611 g/mol. The number of nitriles is 1. The van der Waals surface area contributed by atoms with Crippen molar-refractivity contribution in [2.45, 2.75) is 12.5 Å². The molecule has 43 heavy (non-hydrogen) atoms. The van der Waals surface area contributed by atoms with E-state index < -0.39 is 11.9 Å². The highest BCUT2D eigenvalue weighted by Gasteiger charge is 2.31. The normalized spacial score (nSPS) is 14.1. The van der Waals surface area contributed by atoms with Gasteiger partial charge in [0.1, 0.15) is 29.7 Å². The average molecular weight is 634 g/mol. The SMILES string of the molecule is COc1cc(C2C(C#N)=C(N)Oc3cc(OC(=O)/C=C/c4ccc(Cl)cc4Cl)ccc32)ccc1OCc1ccc(Cl)cc1. The van der Waals surface area contributed by atoms with Crippen LogP contribution in [0.2, 0.25) is 15.1 Å². The fraction of sp³-hybridized carbons (Fsp3) is 0.0909. The lowest BCUT2D eigenvalue weighted by molar-refractivity contribution is -0.128. The van der Waals surface area contributed by atoms with E-state index in [1.807, 2.05) is 18.2 Å². The van der Waals surface area contributed by atoms with E-state index in [1.54, 1.807) is 60.7 Å². The topological polar surface area (TPSA) is 104 Å². The molecule has 1 aliphatic rings. The number of hydrogen-bond donors (Lipinski definition) is 1.